The molecule has 4 aromatic rings. The Kier molecular flexibility index (Phi) is 4.97. The van der Waals surface area contributed by atoms with Crippen LogP contribution in [0.4, 0.5) is 18.9 Å². The number of imidazole rings is 1. The maximum absolute atomic E-state index is 13.0. The summed E-state index contributed by atoms with van der Waals surface area (Å²) < 4.78 is 50.0. The van der Waals surface area contributed by atoms with Gasteiger partial charge >= 0.3 is 6.18 Å². The van der Waals surface area contributed by atoms with Gasteiger partial charge in [-0.15, -0.1) is 0 Å². The predicted molar refractivity (Wildman–Crippen MR) is 111 cm³/mol. The third-order valence-corrected chi connectivity index (χ3v) is 5.30. The van der Waals surface area contributed by atoms with E-state index >= 15 is 0 Å². The van der Waals surface area contributed by atoms with E-state index in [0.717, 1.165) is 41.8 Å². The SMILES string of the molecule is O=C(Nc1ccc2nc(C3CCCO3)[nH]c2c1)c1ccc(-c2cccc(C(F)(F)F)c2)o1. The largest absolute Gasteiger partial charge is 0.451 e. The van der Waals surface area contributed by atoms with Crippen LogP contribution in [0.1, 0.15) is 40.9 Å². The van der Waals surface area contributed by atoms with Gasteiger partial charge in [0.2, 0.25) is 0 Å². The molecule has 1 fully saturated rings. The summed E-state index contributed by atoms with van der Waals surface area (Å²) in [4.78, 5) is 20.4. The second-order valence-electron chi connectivity index (χ2n) is 7.55. The van der Waals surface area contributed by atoms with E-state index in [4.69, 9.17) is 9.15 Å². The monoisotopic (exact) mass is 441 g/mol. The van der Waals surface area contributed by atoms with Gasteiger partial charge in [0, 0.05) is 17.9 Å². The zero-order valence-corrected chi connectivity index (χ0v) is 16.7. The van der Waals surface area contributed by atoms with Crippen molar-refractivity contribution in [1.29, 1.82) is 0 Å². The molecule has 9 heteroatoms. The number of hydrogen-bond acceptors (Lipinski definition) is 4. The van der Waals surface area contributed by atoms with Crippen molar-refractivity contribution in [3.63, 3.8) is 0 Å². The minimum Gasteiger partial charge on any atom is -0.451 e. The van der Waals surface area contributed by atoms with Gasteiger partial charge in [-0.1, -0.05) is 12.1 Å². The quantitative estimate of drug-likeness (QED) is 0.410. The number of H-pyrrole nitrogens is 1. The lowest BCUT2D eigenvalue weighted by molar-refractivity contribution is -0.137. The summed E-state index contributed by atoms with van der Waals surface area (Å²) in [6.07, 6.45) is -2.60. The van der Waals surface area contributed by atoms with Crippen molar-refractivity contribution >= 4 is 22.6 Å². The molecule has 0 saturated carbocycles. The number of hydrogen-bond donors (Lipinski definition) is 2. The van der Waals surface area contributed by atoms with Crippen LogP contribution in [-0.2, 0) is 10.9 Å². The van der Waals surface area contributed by atoms with E-state index < -0.39 is 17.6 Å². The molecule has 32 heavy (non-hydrogen) atoms. The average Bonchev–Trinajstić information content (AvgIpc) is 3.53. The fourth-order valence-electron chi connectivity index (χ4n) is 3.71. The van der Waals surface area contributed by atoms with E-state index in [0.29, 0.717) is 12.3 Å². The molecule has 0 radical (unpaired) electrons. The fourth-order valence-corrected chi connectivity index (χ4v) is 3.71. The van der Waals surface area contributed by atoms with E-state index in [9.17, 15) is 18.0 Å². The lowest BCUT2D eigenvalue weighted by atomic mass is 10.1. The van der Waals surface area contributed by atoms with Crippen molar-refractivity contribution in [2.24, 2.45) is 0 Å². The van der Waals surface area contributed by atoms with Crippen LogP contribution in [-0.4, -0.2) is 22.5 Å². The number of anilines is 1. The van der Waals surface area contributed by atoms with Gasteiger partial charge in [-0.05, 0) is 55.3 Å². The molecule has 1 saturated heterocycles. The molecule has 5 rings (SSSR count). The van der Waals surface area contributed by atoms with Crippen LogP contribution >= 0.6 is 0 Å². The van der Waals surface area contributed by atoms with Gasteiger partial charge in [0.15, 0.2) is 5.76 Å². The molecule has 0 bridgehead atoms. The van der Waals surface area contributed by atoms with E-state index in [2.05, 4.69) is 15.3 Å². The fraction of sp³-hybridized carbons (Fsp3) is 0.217. The Labute approximate surface area is 180 Å². The first-order valence-corrected chi connectivity index (χ1v) is 10.1. The summed E-state index contributed by atoms with van der Waals surface area (Å²) in [5.74, 6) is 0.410. The lowest BCUT2D eigenvalue weighted by Crippen LogP contribution is -2.10. The number of benzene rings is 2. The molecular formula is C23H18F3N3O3. The summed E-state index contributed by atoms with van der Waals surface area (Å²) in [6, 6.07) is 12.9. The number of halogens is 3. The number of carbonyl (C=O) groups excluding carboxylic acids is 1. The summed E-state index contributed by atoms with van der Waals surface area (Å²) in [5, 5.41) is 2.74. The Morgan fingerprint density at radius 2 is 2.00 bits per heavy atom. The first-order valence-electron chi connectivity index (χ1n) is 10.1. The summed E-state index contributed by atoms with van der Waals surface area (Å²) in [7, 11) is 0. The molecule has 2 N–H and O–H groups in total. The standard InChI is InChI=1S/C23H18F3N3O3/c24-23(25,26)14-4-1-3-13(11-14)18-8-9-20(32-18)22(30)27-15-6-7-16-17(12-15)29-21(28-16)19-5-2-10-31-19/h1,3-4,6-9,11-12,19H,2,5,10H2,(H,27,30)(H,28,29). The highest BCUT2D eigenvalue weighted by atomic mass is 19.4. The van der Waals surface area contributed by atoms with Gasteiger partial charge < -0.3 is 19.5 Å². The van der Waals surface area contributed by atoms with Gasteiger partial charge in [-0.3, -0.25) is 4.79 Å². The number of amides is 1. The molecule has 1 unspecified atom stereocenters. The molecule has 1 aliphatic rings. The number of nitrogens with zero attached hydrogens (tertiary/aromatic N) is 1. The molecular weight excluding hydrogens is 423 g/mol. The molecule has 1 amide bonds. The van der Waals surface area contributed by atoms with Gasteiger partial charge in [-0.2, -0.15) is 13.2 Å². The van der Waals surface area contributed by atoms with Crippen molar-refractivity contribution < 1.29 is 27.1 Å². The Hall–Kier alpha value is -3.59. The zero-order valence-electron chi connectivity index (χ0n) is 16.7. The number of furan rings is 1. The third-order valence-electron chi connectivity index (χ3n) is 5.30. The highest BCUT2D eigenvalue weighted by Crippen LogP contribution is 2.33. The minimum atomic E-state index is -4.46. The van der Waals surface area contributed by atoms with Gasteiger partial charge in [-0.25, -0.2) is 4.98 Å². The van der Waals surface area contributed by atoms with Gasteiger partial charge in [0.25, 0.3) is 5.91 Å². The van der Waals surface area contributed by atoms with E-state index in [1.807, 2.05) is 0 Å². The Morgan fingerprint density at radius 1 is 1.12 bits per heavy atom. The minimum absolute atomic E-state index is 0.0119. The topological polar surface area (TPSA) is 80.1 Å². The van der Waals surface area contributed by atoms with Gasteiger partial charge in [0.05, 0.1) is 16.6 Å². The van der Waals surface area contributed by atoms with Crippen LogP contribution in [0.15, 0.2) is 59.0 Å². The second-order valence-corrected chi connectivity index (χ2v) is 7.55. The van der Waals surface area contributed by atoms with Crippen LogP contribution in [0.25, 0.3) is 22.4 Å². The highest BCUT2D eigenvalue weighted by Gasteiger charge is 2.30. The summed E-state index contributed by atoms with van der Waals surface area (Å²) >= 11 is 0. The van der Waals surface area contributed by atoms with Crippen molar-refractivity contribution in [3.05, 3.63) is 71.7 Å². The third kappa shape index (κ3) is 3.99. The highest BCUT2D eigenvalue weighted by molar-refractivity contribution is 6.03. The van der Waals surface area contributed by atoms with Crippen LogP contribution in [0.5, 0.6) is 0 Å². The van der Waals surface area contributed by atoms with Crippen molar-refractivity contribution in [3.8, 4) is 11.3 Å². The predicted octanol–water partition coefficient (Wildman–Crippen LogP) is 5.95. The molecule has 0 spiro atoms. The summed E-state index contributed by atoms with van der Waals surface area (Å²) in [5.41, 5.74) is 1.50. The average molecular weight is 441 g/mol. The summed E-state index contributed by atoms with van der Waals surface area (Å²) in [6.45, 7) is 0.717. The number of nitrogens with one attached hydrogen (secondary N) is 2. The van der Waals surface area contributed by atoms with Crippen LogP contribution in [0.2, 0.25) is 0 Å². The molecule has 2 aromatic heterocycles. The Morgan fingerprint density at radius 3 is 2.78 bits per heavy atom. The Balaban J connectivity index is 1.33. The van der Waals surface area contributed by atoms with E-state index in [1.54, 1.807) is 18.2 Å². The Bertz CT molecular complexity index is 1290. The molecule has 0 aliphatic carbocycles. The first kappa shape index (κ1) is 20.3. The number of aromatic amines is 1. The smallest absolute Gasteiger partial charge is 0.416 e. The molecule has 6 nitrogen and oxygen atoms in total. The van der Waals surface area contributed by atoms with Crippen molar-refractivity contribution in [2.75, 3.05) is 11.9 Å². The lowest BCUT2D eigenvalue weighted by Gasteiger charge is -2.07. The maximum Gasteiger partial charge on any atom is 0.416 e. The molecule has 3 heterocycles. The number of rotatable bonds is 4. The second kappa shape index (κ2) is 7.83. The van der Waals surface area contributed by atoms with Crippen LogP contribution < -0.4 is 5.32 Å². The number of ether oxygens (including phenoxy) is 1. The molecule has 2 aromatic carbocycles. The normalized spacial score (nSPS) is 16.5. The van der Waals surface area contributed by atoms with E-state index in [-0.39, 0.29) is 23.2 Å². The van der Waals surface area contributed by atoms with Gasteiger partial charge in [0.1, 0.15) is 17.7 Å². The first-order chi connectivity index (χ1) is 15.4. The number of carbonyl (C=O) groups is 1. The maximum atomic E-state index is 13.0. The van der Waals surface area contributed by atoms with E-state index in [1.165, 1.54) is 24.3 Å². The molecule has 1 aliphatic heterocycles. The number of aromatic nitrogens is 2. The number of alkyl halides is 3. The van der Waals surface area contributed by atoms with Crippen molar-refractivity contribution in [1.82, 2.24) is 9.97 Å². The molecule has 164 valence electrons. The number of fused-ring (bicyclic) bond motifs is 1. The van der Waals surface area contributed by atoms with Crippen LogP contribution in [0.3, 0.4) is 0 Å². The van der Waals surface area contributed by atoms with Crippen LogP contribution in [0, 0.1) is 0 Å². The zero-order chi connectivity index (χ0) is 22.3. The van der Waals surface area contributed by atoms with Crippen molar-refractivity contribution in [2.45, 2.75) is 25.1 Å². The molecule has 1 atom stereocenters.